The SMILES string of the molecule is CNC(=O)C(N)C1CCCCC1.Cl. The van der Waals surface area contributed by atoms with Gasteiger partial charge >= 0.3 is 0 Å². The molecular formula is C9H19ClN2O. The van der Waals surface area contributed by atoms with Gasteiger partial charge in [-0.1, -0.05) is 19.3 Å². The highest BCUT2D eigenvalue weighted by molar-refractivity contribution is 5.85. The molecule has 0 aromatic heterocycles. The summed E-state index contributed by atoms with van der Waals surface area (Å²) in [6.07, 6.45) is 6.00. The number of amides is 1. The van der Waals surface area contributed by atoms with Crippen molar-refractivity contribution in [3.63, 3.8) is 0 Å². The largest absolute Gasteiger partial charge is 0.358 e. The lowest BCUT2D eigenvalue weighted by molar-refractivity contribution is -0.123. The third-order valence-corrected chi connectivity index (χ3v) is 2.71. The Kier molecular flexibility index (Phi) is 6.08. The van der Waals surface area contributed by atoms with Crippen LogP contribution >= 0.6 is 12.4 Å². The van der Waals surface area contributed by atoms with E-state index in [0.29, 0.717) is 5.92 Å². The molecule has 0 aliphatic heterocycles. The first-order valence-corrected chi connectivity index (χ1v) is 4.73. The fourth-order valence-corrected chi connectivity index (χ4v) is 1.87. The molecule has 1 rings (SSSR count). The molecule has 1 atom stereocenters. The van der Waals surface area contributed by atoms with Crippen molar-refractivity contribution in [1.29, 1.82) is 0 Å². The van der Waals surface area contributed by atoms with Gasteiger partial charge in [0.15, 0.2) is 0 Å². The second-order valence-electron chi connectivity index (χ2n) is 3.54. The summed E-state index contributed by atoms with van der Waals surface area (Å²) in [6, 6.07) is -0.282. The molecule has 0 aromatic rings. The standard InChI is InChI=1S/C9H18N2O.ClH/c1-11-9(12)8(10)7-5-3-2-4-6-7;/h7-8H,2-6,10H2,1H3,(H,11,12);1H. The van der Waals surface area contributed by atoms with E-state index in [9.17, 15) is 4.79 Å². The van der Waals surface area contributed by atoms with E-state index in [1.807, 2.05) is 0 Å². The van der Waals surface area contributed by atoms with Crippen LogP contribution in [-0.2, 0) is 4.79 Å². The van der Waals surface area contributed by atoms with Crippen LogP contribution in [0.15, 0.2) is 0 Å². The van der Waals surface area contributed by atoms with Crippen LogP contribution in [0, 0.1) is 5.92 Å². The van der Waals surface area contributed by atoms with Gasteiger partial charge in [-0.2, -0.15) is 0 Å². The molecule has 1 amide bonds. The average Bonchev–Trinajstić information content (AvgIpc) is 2.17. The smallest absolute Gasteiger partial charge is 0.236 e. The maximum Gasteiger partial charge on any atom is 0.236 e. The van der Waals surface area contributed by atoms with Crippen LogP contribution in [0.3, 0.4) is 0 Å². The summed E-state index contributed by atoms with van der Waals surface area (Å²) >= 11 is 0. The highest BCUT2D eigenvalue weighted by Crippen LogP contribution is 2.25. The highest BCUT2D eigenvalue weighted by Gasteiger charge is 2.24. The Labute approximate surface area is 85.9 Å². The number of halogens is 1. The maximum atomic E-state index is 11.2. The third kappa shape index (κ3) is 3.53. The van der Waals surface area contributed by atoms with Gasteiger partial charge in [-0.3, -0.25) is 4.79 Å². The van der Waals surface area contributed by atoms with Gasteiger partial charge in [-0.15, -0.1) is 12.4 Å². The molecule has 0 radical (unpaired) electrons. The predicted molar refractivity (Wildman–Crippen MR) is 55.9 cm³/mol. The summed E-state index contributed by atoms with van der Waals surface area (Å²) in [5.74, 6) is 0.403. The lowest BCUT2D eigenvalue weighted by Crippen LogP contribution is -2.44. The van der Waals surface area contributed by atoms with Gasteiger partial charge in [-0.05, 0) is 18.8 Å². The fraction of sp³-hybridized carbons (Fsp3) is 0.889. The normalized spacial score (nSPS) is 20.2. The van der Waals surface area contributed by atoms with Gasteiger partial charge in [0.25, 0.3) is 0 Å². The summed E-state index contributed by atoms with van der Waals surface area (Å²) in [5, 5.41) is 2.60. The van der Waals surface area contributed by atoms with Crippen molar-refractivity contribution in [3.8, 4) is 0 Å². The number of carbonyl (C=O) groups excluding carboxylic acids is 1. The van der Waals surface area contributed by atoms with Crippen molar-refractivity contribution >= 4 is 18.3 Å². The number of rotatable bonds is 2. The lowest BCUT2D eigenvalue weighted by Gasteiger charge is -2.25. The summed E-state index contributed by atoms with van der Waals surface area (Å²) in [4.78, 5) is 11.2. The Bertz CT molecular complexity index is 158. The first kappa shape index (κ1) is 12.7. The van der Waals surface area contributed by atoms with Crippen molar-refractivity contribution in [2.24, 2.45) is 11.7 Å². The first-order valence-electron chi connectivity index (χ1n) is 4.73. The van der Waals surface area contributed by atoms with Gasteiger partial charge in [0.1, 0.15) is 0 Å². The molecule has 0 heterocycles. The Balaban J connectivity index is 0.00000144. The zero-order valence-corrected chi connectivity index (χ0v) is 8.90. The van der Waals surface area contributed by atoms with Crippen LogP contribution in [0.5, 0.6) is 0 Å². The van der Waals surface area contributed by atoms with E-state index in [-0.39, 0.29) is 24.4 Å². The minimum Gasteiger partial charge on any atom is -0.358 e. The molecular weight excluding hydrogens is 188 g/mol. The van der Waals surface area contributed by atoms with Crippen LogP contribution in [0.4, 0.5) is 0 Å². The number of likely N-dealkylation sites (N-methyl/N-ethyl adjacent to an activating group) is 1. The van der Waals surface area contributed by atoms with Crippen molar-refractivity contribution < 1.29 is 4.79 Å². The number of nitrogens with two attached hydrogens (primary N) is 1. The van der Waals surface area contributed by atoms with Gasteiger partial charge < -0.3 is 11.1 Å². The molecule has 1 aliphatic rings. The van der Waals surface area contributed by atoms with Crippen LogP contribution < -0.4 is 11.1 Å². The first-order chi connectivity index (χ1) is 5.75. The van der Waals surface area contributed by atoms with E-state index in [0.717, 1.165) is 12.8 Å². The Morgan fingerprint density at radius 1 is 1.38 bits per heavy atom. The number of hydrogen-bond acceptors (Lipinski definition) is 2. The number of nitrogens with one attached hydrogen (secondary N) is 1. The van der Waals surface area contributed by atoms with E-state index in [4.69, 9.17) is 5.73 Å². The van der Waals surface area contributed by atoms with Crippen LogP contribution in [0.25, 0.3) is 0 Å². The Morgan fingerprint density at radius 2 is 1.92 bits per heavy atom. The van der Waals surface area contributed by atoms with E-state index in [2.05, 4.69) is 5.32 Å². The molecule has 3 nitrogen and oxygen atoms in total. The summed E-state index contributed by atoms with van der Waals surface area (Å²) in [5.41, 5.74) is 5.79. The zero-order chi connectivity index (χ0) is 8.97. The van der Waals surface area contributed by atoms with Gasteiger partial charge in [-0.25, -0.2) is 0 Å². The third-order valence-electron chi connectivity index (χ3n) is 2.71. The monoisotopic (exact) mass is 206 g/mol. The number of hydrogen-bond donors (Lipinski definition) is 2. The summed E-state index contributed by atoms with van der Waals surface area (Å²) in [6.45, 7) is 0. The van der Waals surface area contributed by atoms with E-state index in [1.165, 1.54) is 19.3 Å². The second-order valence-corrected chi connectivity index (χ2v) is 3.54. The summed E-state index contributed by atoms with van der Waals surface area (Å²) in [7, 11) is 1.64. The molecule has 1 aliphatic carbocycles. The molecule has 0 aromatic carbocycles. The van der Waals surface area contributed by atoms with Crippen LogP contribution in [-0.4, -0.2) is 19.0 Å². The van der Waals surface area contributed by atoms with E-state index < -0.39 is 0 Å². The molecule has 0 saturated heterocycles. The molecule has 0 spiro atoms. The van der Waals surface area contributed by atoms with Crippen LogP contribution in [0.1, 0.15) is 32.1 Å². The molecule has 1 unspecified atom stereocenters. The summed E-state index contributed by atoms with van der Waals surface area (Å²) < 4.78 is 0. The molecule has 4 heteroatoms. The predicted octanol–water partition coefficient (Wildman–Crippen LogP) is 1.06. The molecule has 3 N–H and O–H groups in total. The quantitative estimate of drug-likeness (QED) is 0.710. The topological polar surface area (TPSA) is 55.1 Å². The van der Waals surface area contributed by atoms with Crippen molar-refractivity contribution in [1.82, 2.24) is 5.32 Å². The second kappa shape index (κ2) is 6.22. The van der Waals surface area contributed by atoms with E-state index in [1.54, 1.807) is 7.05 Å². The Hall–Kier alpha value is -0.280. The van der Waals surface area contributed by atoms with Gasteiger partial charge in [0.05, 0.1) is 6.04 Å². The van der Waals surface area contributed by atoms with Gasteiger partial charge in [0, 0.05) is 7.05 Å². The highest BCUT2D eigenvalue weighted by atomic mass is 35.5. The molecule has 13 heavy (non-hydrogen) atoms. The lowest BCUT2D eigenvalue weighted by atomic mass is 9.84. The zero-order valence-electron chi connectivity index (χ0n) is 8.08. The Morgan fingerprint density at radius 3 is 2.38 bits per heavy atom. The van der Waals surface area contributed by atoms with Crippen LogP contribution in [0.2, 0.25) is 0 Å². The van der Waals surface area contributed by atoms with E-state index >= 15 is 0 Å². The number of carbonyl (C=O) groups is 1. The molecule has 1 saturated carbocycles. The maximum absolute atomic E-state index is 11.2. The molecule has 78 valence electrons. The minimum absolute atomic E-state index is 0. The van der Waals surface area contributed by atoms with Gasteiger partial charge in [0.2, 0.25) is 5.91 Å². The van der Waals surface area contributed by atoms with Crippen molar-refractivity contribution in [3.05, 3.63) is 0 Å². The average molecular weight is 207 g/mol. The van der Waals surface area contributed by atoms with Crippen molar-refractivity contribution in [2.45, 2.75) is 38.1 Å². The van der Waals surface area contributed by atoms with Crippen molar-refractivity contribution in [2.75, 3.05) is 7.05 Å². The minimum atomic E-state index is -0.282. The fourth-order valence-electron chi connectivity index (χ4n) is 1.87. The molecule has 0 bridgehead atoms. The molecule has 1 fully saturated rings.